The van der Waals surface area contributed by atoms with E-state index in [0.717, 1.165) is 23.7 Å². The number of aliphatic imine (C=N–C) groups is 1. The third-order valence-electron chi connectivity index (χ3n) is 3.72. The molecule has 0 N–H and O–H groups in total. The maximum atomic E-state index is 12.1. The summed E-state index contributed by atoms with van der Waals surface area (Å²) >= 11 is 7.45. The van der Waals surface area contributed by atoms with E-state index in [9.17, 15) is 4.79 Å². The number of halogens is 1. The fourth-order valence-electron chi connectivity index (χ4n) is 2.67. The van der Waals surface area contributed by atoms with E-state index in [1.807, 2.05) is 24.3 Å². The molecule has 1 aliphatic heterocycles. The second-order valence-electron chi connectivity index (χ2n) is 5.20. The third-order valence-corrected chi connectivity index (χ3v) is 4.91. The molecule has 1 saturated carbocycles. The van der Waals surface area contributed by atoms with E-state index >= 15 is 0 Å². The Hall–Kier alpha value is -1.00. The summed E-state index contributed by atoms with van der Waals surface area (Å²) in [6, 6.07) is 7.76. The van der Waals surface area contributed by atoms with Crippen LogP contribution in [0.15, 0.2) is 29.3 Å². The number of hydrogen-bond acceptors (Lipinski definition) is 3. The minimum absolute atomic E-state index is 0.104. The molecular formula is C15H17ClN2OS. The Morgan fingerprint density at radius 3 is 2.55 bits per heavy atom. The summed E-state index contributed by atoms with van der Waals surface area (Å²) < 4.78 is 0. The highest BCUT2D eigenvalue weighted by molar-refractivity contribution is 8.15. The van der Waals surface area contributed by atoms with Crippen LogP contribution in [0.1, 0.15) is 32.1 Å². The molecule has 2 fully saturated rings. The fourth-order valence-corrected chi connectivity index (χ4v) is 3.74. The first-order valence-electron chi connectivity index (χ1n) is 7.03. The molecule has 1 saturated heterocycles. The Labute approximate surface area is 128 Å². The zero-order chi connectivity index (χ0) is 13.9. The number of carbonyl (C=O) groups is 1. The van der Waals surface area contributed by atoms with Crippen LogP contribution < -0.4 is 4.90 Å². The van der Waals surface area contributed by atoms with E-state index < -0.39 is 0 Å². The SMILES string of the molecule is O=C1CSC(=NC2CCCCC2)N1c1ccc(Cl)cc1. The maximum absolute atomic E-state index is 12.1. The van der Waals surface area contributed by atoms with Gasteiger partial charge in [0.2, 0.25) is 5.91 Å². The molecule has 5 heteroatoms. The zero-order valence-corrected chi connectivity index (χ0v) is 12.8. The Balaban J connectivity index is 1.84. The molecule has 1 aromatic rings. The number of amides is 1. The van der Waals surface area contributed by atoms with Crippen molar-refractivity contribution in [2.24, 2.45) is 4.99 Å². The first-order valence-corrected chi connectivity index (χ1v) is 8.39. The summed E-state index contributed by atoms with van der Waals surface area (Å²) in [5, 5.41) is 1.53. The Morgan fingerprint density at radius 2 is 1.85 bits per heavy atom. The zero-order valence-electron chi connectivity index (χ0n) is 11.2. The van der Waals surface area contributed by atoms with Crippen LogP contribution in [0.3, 0.4) is 0 Å². The first-order chi connectivity index (χ1) is 9.74. The lowest BCUT2D eigenvalue weighted by atomic mass is 9.96. The molecule has 0 spiro atoms. The fraction of sp³-hybridized carbons (Fsp3) is 0.467. The van der Waals surface area contributed by atoms with Gasteiger partial charge in [-0.2, -0.15) is 0 Å². The molecule has 0 atom stereocenters. The quantitative estimate of drug-likeness (QED) is 0.823. The van der Waals surface area contributed by atoms with Crippen LogP contribution in [0.5, 0.6) is 0 Å². The number of rotatable bonds is 2. The van der Waals surface area contributed by atoms with E-state index in [1.54, 1.807) is 16.7 Å². The molecule has 1 amide bonds. The van der Waals surface area contributed by atoms with Gasteiger partial charge in [0.25, 0.3) is 0 Å². The Kier molecular flexibility index (Phi) is 4.32. The van der Waals surface area contributed by atoms with Gasteiger partial charge < -0.3 is 0 Å². The van der Waals surface area contributed by atoms with E-state index in [2.05, 4.69) is 0 Å². The van der Waals surface area contributed by atoms with Gasteiger partial charge in [-0.25, -0.2) is 0 Å². The van der Waals surface area contributed by atoms with Gasteiger partial charge in [-0.1, -0.05) is 42.6 Å². The van der Waals surface area contributed by atoms with Gasteiger partial charge in [-0.3, -0.25) is 14.7 Å². The summed E-state index contributed by atoms with van der Waals surface area (Å²) in [5.74, 6) is 0.584. The lowest BCUT2D eigenvalue weighted by Crippen LogP contribution is -2.30. The normalized spacial score (nSPS) is 22.8. The van der Waals surface area contributed by atoms with Crippen molar-refractivity contribution in [1.29, 1.82) is 0 Å². The molecule has 106 valence electrons. The standard InChI is InChI=1S/C15H17ClN2OS/c16-11-6-8-13(9-7-11)18-14(19)10-20-15(18)17-12-4-2-1-3-5-12/h6-9,12H,1-5,10H2. The van der Waals surface area contributed by atoms with Gasteiger partial charge in [0.05, 0.1) is 17.5 Å². The predicted molar refractivity (Wildman–Crippen MR) is 85.7 cm³/mol. The number of nitrogens with zero attached hydrogens (tertiary/aromatic N) is 2. The molecule has 3 rings (SSSR count). The van der Waals surface area contributed by atoms with E-state index in [-0.39, 0.29) is 5.91 Å². The first kappa shape index (κ1) is 14.0. The highest BCUT2D eigenvalue weighted by Crippen LogP contribution is 2.30. The van der Waals surface area contributed by atoms with Crippen molar-refractivity contribution >= 4 is 40.1 Å². The van der Waals surface area contributed by atoms with Crippen LogP contribution >= 0.6 is 23.4 Å². The number of benzene rings is 1. The lowest BCUT2D eigenvalue weighted by Gasteiger charge is -2.21. The van der Waals surface area contributed by atoms with Crippen molar-refractivity contribution < 1.29 is 4.79 Å². The molecule has 0 unspecified atom stereocenters. The molecule has 2 aliphatic rings. The topological polar surface area (TPSA) is 32.7 Å². The molecule has 0 aromatic heterocycles. The average Bonchev–Trinajstić information content (AvgIpc) is 2.82. The highest BCUT2D eigenvalue weighted by atomic mass is 35.5. The van der Waals surface area contributed by atoms with E-state index in [0.29, 0.717) is 16.8 Å². The van der Waals surface area contributed by atoms with Crippen LogP contribution in [0, 0.1) is 0 Å². The van der Waals surface area contributed by atoms with Crippen LogP contribution in [0.25, 0.3) is 0 Å². The number of amidine groups is 1. The second-order valence-corrected chi connectivity index (χ2v) is 6.58. The van der Waals surface area contributed by atoms with Gasteiger partial charge >= 0.3 is 0 Å². The van der Waals surface area contributed by atoms with Gasteiger partial charge in [-0.15, -0.1) is 0 Å². The van der Waals surface area contributed by atoms with Crippen molar-refractivity contribution in [1.82, 2.24) is 0 Å². The Bertz CT molecular complexity index is 523. The van der Waals surface area contributed by atoms with Crippen LogP contribution in [-0.4, -0.2) is 22.9 Å². The van der Waals surface area contributed by atoms with Crippen LogP contribution in [-0.2, 0) is 4.79 Å². The number of hydrogen-bond donors (Lipinski definition) is 0. The van der Waals surface area contributed by atoms with Crippen molar-refractivity contribution in [2.45, 2.75) is 38.1 Å². The molecule has 1 heterocycles. The largest absolute Gasteiger partial charge is 0.273 e. The highest BCUT2D eigenvalue weighted by Gasteiger charge is 2.30. The molecule has 20 heavy (non-hydrogen) atoms. The molecular weight excluding hydrogens is 292 g/mol. The summed E-state index contributed by atoms with van der Waals surface area (Å²) in [5.41, 5.74) is 0.860. The average molecular weight is 309 g/mol. The summed E-state index contributed by atoms with van der Waals surface area (Å²) in [7, 11) is 0. The minimum atomic E-state index is 0.104. The summed E-state index contributed by atoms with van der Waals surface area (Å²) in [6.45, 7) is 0. The van der Waals surface area contributed by atoms with Crippen molar-refractivity contribution in [3.8, 4) is 0 Å². The van der Waals surface area contributed by atoms with Crippen molar-refractivity contribution in [2.75, 3.05) is 10.7 Å². The Morgan fingerprint density at radius 1 is 1.15 bits per heavy atom. The molecule has 0 bridgehead atoms. The van der Waals surface area contributed by atoms with Crippen LogP contribution in [0.4, 0.5) is 5.69 Å². The summed E-state index contributed by atoms with van der Waals surface area (Å²) in [4.78, 5) is 18.7. The number of thioether (sulfide) groups is 1. The molecule has 1 aromatic carbocycles. The predicted octanol–water partition coefficient (Wildman–Crippen LogP) is 4.11. The molecule has 3 nitrogen and oxygen atoms in total. The van der Waals surface area contributed by atoms with Gasteiger partial charge in [0, 0.05) is 5.02 Å². The van der Waals surface area contributed by atoms with Gasteiger partial charge in [0.1, 0.15) is 0 Å². The monoisotopic (exact) mass is 308 g/mol. The van der Waals surface area contributed by atoms with Crippen molar-refractivity contribution in [3.63, 3.8) is 0 Å². The van der Waals surface area contributed by atoms with Crippen LogP contribution in [0.2, 0.25) is 5.02 Å². The third kappa shape index (κ3) is 3.01. The minimum Gasteiger partial charge on any atom is -0.273 e. The molecule has 0 radical (unpaired) electrons. The number of carbonyl (C=O) groups excluding carboxylic acids is 1. The maximum Gasteiger partial charge on any atom is 0.243 e. The number of anilines is 1. The smallest absolute Gasteiger partial charge is 0.243 e. The van der Waals surface area contributed by atoms with Gasteiger partial charge in [-0.05, 0) is 37.1 Å². The second kappa shape index (κ2) is 6.19. The van der Waals surface area contributed by atoms with E-state index in [4.69, 9.17) is 16.6 Å². The summed E-state index contributed by atoms with van der Waals surface area (Å²) in [6.07, 6.45) is 6.11. The van der Waals surface area contributed by atoms with Gasteiger partial charge in [0.15, 0.2) is 5.17 Å². The lowest BCUT2D eigenvalue weighted by molar-refractivity contribution is -0.115. The van der Waals surface area contributed by atoms with Crippen molar-refractivity contribution in [3.05, 3.63) is 29.3 Å². The van der Waals surface area contributed by atoms with E-state index in [1.165, 1.54) is 19.3 Å². The molecule has 1 aliphatic carbocycles.